The third-order valence-electron chi connectivity index (χ3n) is 5.01. The second kappa shape index (κ2) is 22.5. The molecule has 0 aliphatic carbocycles. The Bertz CT molecular complexity index is 336. The van der Waals surface area contributed by atoms with Gasteiger partial charge in [-0.25, -0.2) is 0 Å². The maximum Gasteiger partial charge on any atom is 0.0954 e. The van der Waals surface area contributed by atoms with Gasteiger partial charge in [0.2, 0.25) is 0 Å². The standard InChI is InChI=1S/C23H44N2.ClH/c1-4-5-6-7-8-9-10-11-12-13-14-15-16-17-18-19-20-25(3)22-23(2)21-24;/h2,4-20,22H2,1,3H3;1H. The minimum absolute atomic E-state index is 0. The molecule has 26 heavy (non-hydrogen) atoms. The van der Waals surface area contributed by atoms with Gasteiger partial charge in [0.15, 0.2) is 0 Å². The molecule has 0 aromatic carbocycles. The Hall–Kier alpha value is -0.520. The summed E-state index contributed by atoms with van der Waals surface area (Å²) in [6.45, 7) is 7.82. The predicted molar refractivity (Wildman–Crippen MR) is 119 cm³/mol. The van der Waals surface area contributed by atoms with Gasteiger partial charge in [-0.15, -0.1) is 12.4 Å². The van der Waals surface area contributed by atoms with Crippen LogP contribution in [-0.4, -0.2) is 25.0 Å². The summed E-state index contributed by atoms with van der Waals surface area (Å²) in [5.74, 6) is 0. The molecule has 0 unspecified atom stereocenters. The van der Waals surface area contributed by atoms with Crippen LogP contribution >= 0.6 is 12.4 Å². The van der Waals surface area contributed by atoms with Crippen molar-refractivity contribution in [2.24, 2.45) is 0 Å². The van der Waals surface area contributed by atoms with Crippen molar-refractivity contribution in [3.63, 3.8) is 0 Å². The highest BCUT2D eigenvalue weighted by atomic mass is 35.5. The van der Waals surface area contributed by atoms with E-state index in [9.17, 15) is 0 Å². The highest BCUT2D eigenvalue weighted by Gasteiger charge is 2.00. The van der Waals surface area contributed by atoms with E-state index in [0.29, 0.717) is 5.57 Å². The highest BCUT2D eigenvalue weighted by Crippen LogP contribution is 2.13. The van der Waals surface area contributed by atoms with Gasteiger partial charge in [-0.3, -0.25) is 0 Å². The van der Waals surface area contributed by atoms with E-state index < -0.39 is 0 Å². The van der Waals surface area contributed by atoms with E-state index in [1.165, 1.54) is 103 Å². The summed E-state index contributed by atoms with van der Waals surface area (Å²) < 4.78 is 0. The fourth-order valence-electron chi connectivity index (χ4n) is 3.37. The van der Waals surface area contributed by atoms with Crippen molar-refractivity contribution in [3.05, 3.63) is 12.2 Å². The van der Waals surface area contributed by atoms with Crippen LogP contribution in [0.15, 0.2) is 12.2 Å². The minimum atomic E-state index is 0. The third-order valence-corrected chi connectivity index (χ3v) is 5.01. The molecule has 0 atom stereocenters. The molecular weight excluding hydrogens is 340 g/mol. The summed E-state index contributed by atoms with van der Waals surface area (Å²) >= 11 is 0. The van der Waals surface area contributed by atoms with Gasteiger partial charge >= 0.3 is 0 Å². The van der Waals surface area contributed by atoms with Crippen molar-refractivity contribution in [2.75, 3.05) is 20.1 Å². The Morgan fingerprint density at radius 1 is 0.731 bits per heavy atom. The maximum absolute atomic E-state index is 8.72. The summed E-state index contributed by atoms with van der Waals surface area (Å²) in [5.41, 5.74) is 0.666. The summed E-state index contributed by atoms with van der Waals surface area (Å²) in [6.07, 6.45) is 22.6. The number of likely N-dealkylation sites (N-methyl/N-ethyl adjacent to an activating group) is 1. The molecule has 0 saturated carbocycles. The van der Waals surface area contributed by atoms with Crippen LogP contribution in [0.2, 0.25) is 0 Å². The van der Waals surface area contributed by atoms with E-state index in [1.807, 2.05) is 0 Å². The van der Waals surface area contributed by atoms with Crippen LogP contribution in [0.5, 0.6) is 0 Å². The Kier molecular flexibility index (Phi) is 24.0. The van der Waals surface area contributed by atoms with Crippen molar-refractivity contribution in [1.29, 1.82) is 5.26 Å². The zero-order chi connectivity index (χ0) is 18.6. The average Bonchev–Trinajstić information content (AvgIpc) is 2.61. The van der Waals surface area contributed by atoms with Gasteiger partial charge in [0.05, 0.1) is 6.07 Å². The lowest BCUT2D eigenvalue weighted by Crippen LogP contribution is -2.21. The molecule has 0 spiro atoms. The topological polar surface area (TPSA) is 27.0 Å². The lowest BCUT2D eigenvalue weighted by molar-refractivity contribution is 0.352. The van der Waals surface area contributed by atoms with Crippen LogP contribution in [0.4, 0.5) is 0 Å². The zero-order valence-corrected chi connectivity index (χ0v) is 18.6. The fourth-order valence-corrected chi connectivity index (χ4v) is 3.37. The number of hydrogen-bond donors (Lipinski definition) is 0. The molecule has 0 N–H and O–H groups in total. The molecule has 0 bridgehead atoms. The Morgan fingerprint density at radius 3 is 1.42 bits per heavy atom. The highest BCUT2D eigenvalue weighted by molar-refractivity contribution is 5.85. The van der Waals surface area contributed by atoms with E-state index in [2.05, 4.69) is 31.5 Å². The first-order valence-corrected chi connectivity index (χ1v) is 11.0. The molecule has 0 radical (unpaired) electrons. The van der Waals surface area contributed by atoms with E-state index in [4.69, 9.17) is 5.26 Å². The number of nitriles is 1. The van der Waals surface area contributed by atoms with Crippen molar-refractivity contribution >= 4 is 12.4 Å². The summed E-state index contributed by atoms with van der Waals surface area (Å²) in [7, 11) is 2.08. The molecule has 0 rings (SSSR count). The van der Waals surface area contributed by atoms with Crippen LogP contribution in [0.3, 0.4) is 0 Å². The van der Waals surface area contributed by atoms with Crippen molar-refractivity contribution < 1.29 is 0 Å². The van der Waals surface area contributed by atoms with Crippen molar-refractivity contribution in [1.82, 2.24) is 4.90 Å². The third kappa shape index (κ3) is 21.5. The van der Waals surface area contributed by atoms with E-state index in [1.54, 1.807) is 0 Å². The van der Waals surface area contributed by atoms with E-state index >= 15 is 0 Å². The molecule has 0 aliphatic heterocycles. The molecule has 2 nitrogen and oxygen atoms in total. The average molecular weight is 385 g/mol. The molecule has 3 heteroatoms. The van der Waals surface area contributed by atoms with Gasteiger partial charge in [-0.05, 0) is 20.0 Å². The predicted octanol–water partition coefficient (Wildman–Crippen LogP) is 7.68. The summed E-state index contributed by atoms with van der Waals surface area (Å²) in [4.78, 5) is 2.20. The first kappa shape index (κ1) is 27.7. The second-order valence-corrected chi connectivity index (χ2v) is 7.76. The number of nitrogens with zero attached hydrogens (tertiary/aromatic N) is 2. The molecule has 0 fully saturated rings. The van der Waals surface area contributed by atoms with Crippen LogP contribution in [0.1, 0.15) is 110 Å². The summed E-state index contributed by atoms with van der Waals surface area (Å²) in [6, 6.07) is 2.12. The Morgan fingerprint density at radius 2 is 1.08 bits per heavy atom. The molecule has 0 saturated heterocycles. The maximum atomic E-state index is 8.72. The molecule has 0 aromatic heterocycles. The smallest absolute Gasteiger partial charge is 0.0954 e. The summed E-state index contributed by atoms with van der Waals surface area (Å²) in [5, 5.41) is 8.72. The number of rotatable bonds is 19. The number of halogens is 1. The largest absolute Gasteiger partial charge is 0.301 e. The Labute approximate surface area is 170 Å². The van der Waals surface area contributed by atoms with Crippen LogP contribution < -0.4 is 0 Å². The number of hydrogen-bond acceptors (Lipinski definition) is 2. The van der Waals surface area contributed by atoms with E-state index in [-0.39, 0.29) is 12.4 Å². The SMILES string of the molecule is C=C(C#N)CN(C)CCCCCCCCCCCCCCCCCC.Cl. The normalized spacial score (nSPS) is 10.5. The molecular formula is C23H45ClN2. The van der Waals surface area contributed by atoms with Crippen molar-refractivity contribution in [2.45, 2.75) is 110 Å². The van der Waals surface area contributed by atoms with Crippen LogP contribution in [-0.2, 0) is 0 Å². The second-order valence-electron chi connectivity index (χ2n) is 7.76. The molecule has 0 aliphatic rings. The number of unbranched alkanes of at least 4 members (excludes halogenated alkanes) is 15. The van der Waals surface area contributed by atoms with Crippen molar-refractivity contribution in [3.8, 4) is 6.07 Å². The first-order chi connectivity index (χ1) is 12.2. The minimum Gasteiger partial charge on any atom is -0.301 e. The van der Waals surface area contributed by atoms with Crippen LogP contribution in [0.25, 0.3) is 0 Å². The first-order valence-electron chi connectivity index (χ1n) is 11.0. The fraction of sp³-hybridized carbons (Fsp3) is 0.870. The van der Waals surface area contributed by atoms with Gasteiger partial charge in [-0.1, -0.05) is 110 Å². The lowest BCUT2D eigenvalue weighted by atomic mass is 10.0. The van der Waals surface area contributed by atoms with Gasteiger partial charge < -0.3 is 4.90 Å². The molecule has 0 amide bonds. The molecule has 0 heterocycles. The zero-order valence-electron chi connectivity index (χ0n) is 17.7. The van der Waals surface area contributed by atoms with Crippen LogP contribution in [0, 0.1) is 11.3 Å². The molecule has 0 aromatic rings. The van der Waals surface area contributed by atoms with Gasteiger partial charge in [0.25, 0.3) is 0 Å². The lowest BCUT2D eigenvalue weighted by Gasteiger charge is -2.15. The van der Waals surface area contributed by atoms with Gasteiger partial charge in [0.1, 0.15) is 0 Å². The van der Waals surface area contributed by atoms with Gasteiger partial charge in [-0.2, -0.15) is 5.26 Å². The Balaban J connectivity index is 0. The quantitative estimate of drug-likeness (QED) is 0.168. The van der Waals surface area contributed by atoms with Gasteiger partial charge in [0, 0.05) is 12.1 Å². The van der Waals surface area contributed by atoms with E-state index in [0.717, 1.165) is 13.1 Å². The molecule has 154 valence electrons. The monoisotopic (exact) mass is 384 g/mol.